The van der Waals surface area contributed by atoms with Crippen LogP contribution >= 0.6 is 0 Å². The Morgan fingerprint density at radius 2 is 1.70 bits per heavy atom. The fourth-order valence-electron chi connectivity index (χ4n) is 2.66. The molecule has 0 aliphatic carbocycles. The van der Waals surface area contributed by atoms with E-state index in [1.54, 1.807) is 37.3 Å². The van der Waals surface area contributed by atoms with E-state index in [1.165, 1.54) is 0 Å². The first kappa shape index (κ1) is 22.3. The zero-order valence-electron chi connectivity index (χ0n) is 15.2. The molecule has 1 aromatic carbocycles. The summed E-state index contributed by atoms with van der Waals surface area (Å²) in [6.45, 7) is 1.46. The lowest BCUT2D eigenvalue weighted by Gasteiger charge is -2.18. The summed E-state index contributed by atoms with van der Waals surface area (Å²) >= 11 is 0. The van der Waals surface area contributed by atoms with Gasteiger partial charge in [0.05, 0.1) is 5.92 Å². The Bertz CT molecular complexity index is 659. The van der Waals surface area contributed by atoms with E-state index in [2.05, 4.69) is 0 Å². The van der Waals surface area contributed by atoms with Gasteiger partial charge in [-0.2, -0.15) is 0 Å². The van der Waals surface area contributed by atoms with Crippen LogP contribution in [0, 0.1) is 17.8 Å². The fraction of sp³-hybridized carbons (Fsp3) is 0.474. The van der Waals surface area contributed by atoms with Crippen LogP contribution in [0.1, 0.15) is 31.7 Å². The monoisotopic (exact) mass is 379 g/mol. The summed E-state index contributed by atoms with van der Waals surface area (Å²) in [6.07, 6.45) is -0.396. The lowest BCUT2D eigenvalue weighted by atomic mass is 9.88. The van der Waals surface area contributed by atoms with Crippen molar-refractivity contribution in [1.29, 1.82) is 0 Å². The first-order valence-corrected chi connectivity index (χ1v) is 8.64. The number of carboxylic acid groups (broad SMARTS) is 2. The van der Waals surface area contributed by atoms with E-state index in [0.29, 0.717) is 0 Å². The van der Waals surface area contributed by atoms with Crippen LogP contribution in [0.5, 0.6) is 0 Å². The molecule has 0 spiro atoms. The number of hydrogen-bond acceptors (Lipinski definition) is 6. The average molecular weight is 379 g/mol. The number of carboxylic acids is 2. The summed E-state index contributed by atoms with van der Waals surface area (Å²) in [4.78, 5) is 46.5. The number of nitrogens with two attached hydrogens (primary N) is 1. The Kier molecular flexibility index (Phi) is 9.15. The molecule has 0 radical (unpaired) electrons. The molecule has 1 aromatic rings. The van der Waals surface area contributed by atoms with Gasteiger partial charge in [0.25, 0.3) is 0 Å². The maximum Gasteiger partial charge on any atom is 0.320 e. The quantitative estimate of drug-likeness (QED) is 0.366. The second-order valence-electron chi connectivity index (χ2n) is 6.42. The highest BCUT2D eigenvalue weighted by atomic mass is 16.5. The number of aliphatic carboxylic acids is 2. The number of carbonyl (C=O) groups is 4. The summed E-state index contributed by atoms with van der Waals surface area (Å²) < 4.78 is 5.03. The Labute approximate surface area is 157 Å². The summed E-state index contributed by atoms with van der Waals surface area (Å²) in [7, 11) is 0. The zero-order chi connectivity index (χ0) is 20.4. The number of benzene rings is 1. The molecule has 3 unspecified atom stereocenters. The number of rotatable bonds is 12. The molecule has 0 saturated carbocycles. The van der Waals surface area contributed by atoms with E-state index in [9.17, 15) is 24.3 Å². The van der Waals surface area contributed by atoms with Gasteiger partial charge in [-0.1, -0.05) is 37.3 Å². The first-order chi connectivity index (χ1) is 12.8. The molecule has 0 aliphatic heterocycles. The van der Waals surface area contributed by atoms with Crippen molar-refractivity contribution in [3.05, 3.63) is 35.9 Å². The molecule has 3 atom stereocenters. The van der Waals surface area contributed by atoms with Crippen molar-refractivity contribution >= 4 is 23.7 Å². The molecule has 1 rings (SSSR count). The predicted octanol–water partition coefficient (Wildman–Crippen LogP) is 1.47. The van der Waals surface area contributed by atoms with Crippen molar-refractivity contribution in [2.75, 3.05) is 6.54 Å². The van der Waals surface area contributed by atoms with Crippen LogP contribution in [0.2, 0.25) is 0 Å². The van der Waals surface area contributed by atoms with Gasteiger partial charge in [0.1, 0.15) is 12.4 Å². The second-order valence-corrected chi connectivity index (χ2v) is 6.42. The molecule has 8 nitrogen and oxygen atoms in total. The Balaban J connectivity index is 2.54. The highest BCUT2D eigenvalue weighted by molar-refractivity contribution is 5.94. The van der Waals surface area contributed by atoms with Crippen LogP contribution in [-0.4, -0.2) is 40.4 Å². The third-order valence-corrected chi connectivity index (χ3v) is 4.33. The van der Waals surface area contributed by atoms with E-state index in [-0.39, 0.29) is 38.2 Å². The summed E-state index contributed by atoms with van der Waals surface area (Å²) in [6, 6.07) is 8.82. The standard InChI is InChI=1S/C19H25NO7/c1-12(16(10-20)18(24)25)9-14(21)7-8-15(17(22)23)19(26)27-11-13-5-3-2-4-6-13/h2-6,12,15-16H,7-11,20H2,1H3,(H,22,23)(H,24,25). The van der Waals surface area contributed by atoms with Crippen LogP contribution in [0.25, 0.3) is 0 Å². The zero-order valence-corrected chi connectivity index (χ0v) is 15.2. The number of Topliss-reactive ketones (excluding diaryl/α,β-unsaturated/α-hetero) is 1. The first-order valence-electron chi connectivity index (χ1n) is 8.64. The molecule has 0 aromatic heterocycles. The van der Waals surface area contributed by atoms with Crippen molar-refractivity contribution in [2.24, 2.45) is 23.5 Å². The van der Waals surface area contributed by atoms with Gasteiger partial charge in [0, 0.05) is 19.4 Å². The van der Waals surface area contributed by atoms with Crippen molar-refractivity contribution in [2.45, 2.75) is 32.8 Å². The van der Waals surface area contributed by atoms with Crippen LogP contribution < -0.4 is 5.73 Å². The van der Waals surface area contributed by atoms with Gasteiger partial charge >= 0.3 is 17.9 Å². The molecule has 0 bridgehead atoms. The van der Waals surface area contributed by atoms with Gasteiger partial charge in [-0.05, 0) is 17.9 Å². The predicted molar refractivity (Wildman–Crippen MR) is 95.6 cm³/mol. The topological polar surface area (TPSA) is 144 Å². The third-order valence-electron chi connectivity index (χ3n) is 4.33. The summed E-state index contributed by atoms with van der Waals surface area (Å²) in [5.41, 5.74) is 6.13. The van der Waals surface area contributed by atoms with Crippen molar-refractivity contribution in [3.8, 4) is 0 Å². The average Bonchev–Trinajstić information content (AvgIpc) is 2.60. The third kappa shape index (κ3) is 7.57. The minimum absolute atomic E-state index is 0.0421. The van der Waals surface area contributed by atoms with Crippen LogP contribution in [0.3, 0.4) is 0 Å². The molecular weight excluding hydrogens is 354 g/mol. The number of esters is 1. The number of hydrogen-bond donors (Lipinski definition) is 3. The van der Waals surface area contributed by atoms with Gasteiger partial charge in [-0.25, -0.2) is 0 Å². The van der Waals surface area contributed by atoms with Gasteiger partial charge in [0.2, 0.25) is 0 Å². The molecular formula is C19H25NO7. The summed E-state index contributed by atoms with van der Waals surface area (Å²) in [5, 5.41) is 18.3. The van der Waals surface area contributed by atoms with Crippen LogP contribution in [0.15, 0.2) is 30.3 Å². The Morgan fingerprint density at radius 1 is 1.07 bits per heavy atom. The fourth-order valence-corrected chi connectivity index (χ4v) is 2.66. The molecule has 8 heteroatoms. The van der Waals surface area contributed by atoms with E-state index < -0.39 is 35.7 Å². The minimum Gasteiger partial charge on any atom is -0.481 e. The van der Waals surface area contributed by atoms with Gasteiger partial charge in [-0.3, -0.25) is 19.2 Å². The molecule has 27 heavy (non-hydrogen) atoms. The van der Waals surface area contributed by atoms with E-state index in [4.69, 9.17) is 15.6 Å². The lowest BCUT2D eigenvalue weighted by Crippen LogP contribution is -2.31. The lowest BCUT2D eigenvalue weighted by molar-refractivity contribution is -0.160. The molecule has 0 heterocycles. The second kappa shape index (κ2) is 11.1. The molecule has 4 N–H and O–H groups in total. The highest BCUT2D eigenvalue weighted by Gasteiger charge is 2.30. The maximum atomic E-state index is 12.0. The van der Waals surface area contributed by atoms with E-state index in [1.807, 2.05) is 0 Å². The molecule has 0 saturated heterocycles. The van der Waals surface area contributed by atoms with Crippen LogP contribution in [-0.2, 0) is 30.5 Å². The van der Waals surface area contributed by atoms with Gasteiger partial charge in [0.15, 0.2) is 5.92 Å². The summed E-state index contributed by atoms with van der Waals surface area (Å²) in [5.74, 6) is -6.43. The normalized spacial score (nSPS) is 14.0. The maximum absolute atomic E-state index is 12.0. The molecule has 0 fully saturated rings. The number of carbonyl (C=O) groups excluding carboxylic acids is 2. The van der Waals surface area contributed by atoms with Crippen molar-refractivity contribution in [1.82, 2.24) is 0 Å². The Hall–Kier alpha value is -2.74. The number of ketones is 1. The van der Waals surface area contributed by atoms with E-state index in [0.717, 1.165) is 5.56 Å². The number of ether oxygens (including phenoxy) is 1. The van der Waals surface area contributed by atoms with E-state index >= 15 is 0 Å². The largest absolute Gasteiger partial charge is 0.481 e. The van der Waals surface area contributed by atoms with Gasteiger partial charge in [-0.15, -0.1) is 0 Å². The SMILES string of the molecule is CC(CC(=O)CCC(C(=O)O)C(=O)OCc1ccccc1)C(CN)C(=O)O. The highest BCUT2D eigenvalue weighted by Crippen LogP contribution is 2.19. The minimum atomic E-state index is -1.45. The van der Waals surface area contributed by atoms with Crippen molar-refractivity contribution in [3.63, 3.8) is 0 Å². The van der Waals surface area contributed by atoms with Gasteiger partial charge < -0.3 is 20.7 Å². The van der Waals surface area contributed by atoms with Crippen LogP contribution in [0.4, 0.5) is 0 Å². The Morgan fingerprint density at radius 3 is 2.22 bits per heavy atom. The molecule has 0 amide bonds. The smallest absolute Gasteiger partial charge is 0.320 e. The molecule has 148 valence electrons. The van der Waals surface area contributed by atoms with Crippen molar-refractivity contribution < 1.29 is 34.1 Å². The molecule has 0 aliphatic rings.